The lowest BCUT2D eigenvalue weighted by Gasteiger charge is -2.14. The van der Waals surface area contributed by atoms with E-state index in [0.29, 0.717) is 32.2 Å². The zero-order valence-corrected chi connectivity index (χ0v) is 16.4. The van der Waals surface area contributed by atoms with Gasteiger partial charge in [-0.3, -0.25) is 15.6 Å². The molecule has 0 radical (unpaired) electrons. The Labute approximate surface area is 162 Å². The van der Waals surface area contributed by atoms with Gasteiger partial charge in [0.2, 0.25) is 0 Å². The first-order chi connectivity index (χ1) is 11.4. The third-order valence-electron chi connectivity index (χ3n) is 3.02. The summed E-state index contributed by atoms with van der Waals surface area (Å²) < 4.78 is 11.0. The molecular formula is C15H12BrCl3N2O3. The van der Waals surface area contributed by atoms with Crippen LogP contribution in [0.15, 0.2) is 28.7 Å². The van der Waals surface area contributed by atoms with Gasteiger partial charge in [0.05, 0.1) is 30.0 Å². The molecule has 0 unspecified atom stereocenters. The molecule has 0 heterocycles. The average molecular weight is 455 g/mol. The number of benzene rings is 2. The van der Waals surface area contributed by atoms with Gasteiger partial charge < -0.3 is 9.47 Å². The van der Waals surface area contributed by atoms with Crippen molar-refractivity contribution in [2.24, 2.45) is 0 Å². The number of nitrogens with one attached hydrogen (secondary N) is 2. The highest BCUT2D eigenvalue weighted by Gasteiger charge is 2.15. The number of carbonyl (C=O) groups excluding carboxylic acids is 1. The number of hydrogen-bond acceptors (Lipinski definition) is 4. The molecular weight excluding hydrogens is 442 g/mol. The van der Waals surface area contributed by atoms with E-state index >= 15 is 0 Å². The third-order valence-corrected chi connectivity index (χ3v) is 4.61. The van der Waals surface area contributed by atoms with Gasteiger partial charge in [0.15, 0.2) is 0 Å². The molecule has 0 spiro atoms. The number of carbonyl (C=O) groups is 1. The predicted molar refractivity (Wildman–Crippen MR) is 99.8 cm³/mol. The zero-order chi connectivity index (χ0) is 17.9. The molecule has 0 fully saturated rings. The fourth-order valence-corrected chi connectivity index (χ4v) is 3.32. The number of hydrogen-bond donors (Lipinski definition) is 2. The minimum Gasteiger partial charge on any atom is -0.495 e. The van der Waals surface area contributed by atoms with Crippen LogP contribution in [0.5, 0.6) is 11.5 Å². The quantitative estimate of drug-likeness (QED) is 0.611. The van der Waals surface area contributed by atoms with Crippen molar-refractivity contribution in [3.8, 4) is 11.5 Å². The average Bonchev–Trinajstić information content (AvgIpc) is 2.53. The first kappa shape index (κ1) is 19.0. The molecule has 2 aromatic carbocycles. The fourth-order valence-electron chi connectivity index (χ4n) is 1.85. The second-order valence-corrected chi connectivity index (χ2v) is 6.56. The smallest absolute Gasteiger partial charge is 0.269 e. The Bertz CT molecular complexity index is 739. The summed E-state index contributed by atoms with van der Waals surface area (Å²) in [5.41, 5.74) is 5.85. The molecule has 2 aromatic rings. The van der Waals surface area contributed by atoms with Gasteiger partial charge in [0.25, 0.3) is 5.91 Å². The monoisotopic (exact) mass is 452 g/mol. The van der Waals surface area contributed by atoms with E-state index < -0.39 is 5.91 Å². The number of halogens is 4. The van der Waals surface area contributed by atoms with Crippen molar-refractivity contribution in [1.29, 1.82) is 0 Å². The standard InChI is InChI=1S/C15H12BrCl3N2O3/c1-23-11-3-7(4-12(24-2)13(11)16)15(22)21-20-14-9(18)5-8(17)6-10(14)19/h3-6,20H,1-2H3,(H,21,22). The van der Waals surface area contributed by atoms with E-state index in [1.54, 1.807) is 12.1 Å². The highest BCUT2D eigenvalue weighted by atomic mass is 79.9. The van der Waals surface area contributed by atoms with Crippen LogP contribution in [-0.2, 0) is 0 Å². The molecule has 128 valence electrons. The van der Waals surface area contributed by atoms with Gasteiger partial charge in [-0.15, -0.1) is 0 Å². The lowest BCUT2D eigenvalue weighted by Crippen LogP contribution is -2.29. The van der Waals surface area contributed by atoms with Gasteiger partial charge in [-0.2, -0.15) is 0 Å². The summed E-state index contributed by atoms with van der Waals surface area (Å²) in [4.78, 5) is 12.3. The Balaban J connectivity index is 2.22. The summed E-state index contributed by atoms with van der Waals surface area (Å²) in [7, 11) is 2.99. The van der Waals surface area contributed by atoms with Gasteiger partial charge in [-0.1, -0.05) is 34.8 Å². The number of methoxy groups -OCH3 is 2. The first-order valence-corrected chi connectivity index (χ1v) is 8.42. The third kappa shape index (κ3) is 4.19. The number of rotatable bonds is 5. The molecule has 0 aromatic heterocycles. The van der Waals surface area contributed by atoms with Crippen LogP contribution in [0.1, 0.15) is 10.4 Å². The maximum absolute atomic E-state index is 12.3. The Morgan fingerprint density at radius 1 is 1.00 bits per heavy atom. The SMILES string of the molecule is COc1cc(C(=O)NNc2c(Cl)cc(Cl)cc2Cl)cc(OC)c1Br. The van der Waals surface area contributed by atoms with Gasteiger partial charge in [-0.05, 0) is 40.2 Å². The summed E-state index contributed by atoms with van der Waals surface area (Å²) in [6.45, 7) is 0. The second-order valence-electron chi connectivity index (χ2n) is 4.52. The maximum atomic E-state index is 12.3. The van der Waals surface area contributed by atoms with Crippen LogP contribution < -0.4 is 20.3 Å². The lowest BCUT2D eigenvalue weighted by atomic mass is 10.2. The summed E-state index contributed by atoms with van der Waals surface area (Å²) in [6.07, 6.45) is 0. The van der Waals surface area contributed by atoms with Crippen LogP contribution in [0.2, 0.25) is 15.1 Å². The number of ether oxygens (including phenoxy) is 2. The molecule has 0 atom stereocenters. The Morgan fingerprint density at radius 3 is 1.96 bits per heavy atom. The zero-order valence-electron chi connectivity index (χ0n) is 12.5. The Kier molecular flexibility index (Phi) is 6.46. The van der Waals surface area contributed by atoms with Crippen molar-refractivity contribution in [3.05, 3.63) is 49.4 Å². The van der Waals surface area contributed by atoms with Crippen LogP contribution in [0.4, 0.5) is 5.69 Å². The van der Waals surface area contributed by atoms with E-state index in [9.17, 15) is 4.79 Å². The molecule has 0 saturated heterocycles. The molecule has 0 aliphatic rings. The Morgan fingerprint density at radius 2 is 1.50 bits per heavy atom. The fraction of sp³-hybridized carbons (Fsp3) is 0.133. The van der Waals surface area contributed by atoms with E-state index in [1.165, 1.54) is 26.4 Å². The van der Waals surface area contributed by atoms with Gasteiger partial charge in [-0.25, -0.2) is 0 Å². The first-order valence-electron chi connectivity index (χ1n) is 6.49. The molecule has 24 heavy (non-hydrogen) atoms. The number of hydrazine groups is 1. The molecule has 2 rings (SSSR count). The molecule has 5 nitrogen and oxygen atoms in total. The molecule has 0 aliphatic carbocycles. The highest BCUT2D eigenvalue weighted by Crippen LogP contribution is 2.36. The topological polar surface area (TPSA) is 59.6 Å². The molecule has 9 heteroatoms. The molecule has 0 bridgehead atoms. The van der Waals surface area contributed by atoms with Crippen molar-refractivity contribution in [2.75, 3.05) is 19.6 Å². The van der Waals surface area contributed by atoms with Crippen molar-refractivity contribution in [3.63, 3.8) is 0 Å². The normalized spacial score (nSPS) is 10.2. The van der Waals surface area contributed by atoms with E-state index in [4.69, 9.17) is 44.3 Å². The van der Waals surface area contributed by atoms with E-state index in [-0.39, 0.29) is 10.0 Å². The molecule has 2 N–H and O–H groups in total. The van der Waals surface area contributed by atoms with E-state index in [2.05, 4.69) is 26.8 Å². The lowest BCUT2D eigenvalue weighted by molar-refractivity contribution is 0.0962. The van der Waals surface area contributed by atoms with Gasteiger partial charge in [0, 0.05) is 10.6 Å². The van der Waals surface area contributed by atoms with Crippen LogP contribution >= 0.6 is 50.7 Å². The summed E-state index contributed by atoms with van der Waals surface area (Å²) in [6, 6.07) is 6.15. The van der Waals surface area contributed by atoms with E-state index in [0.717, 1.165) is 0 Å². The second kappa shape index (κ2) is 8.16. The summed E-state index contributed by atoms with van der Waals surface area (Å²) >= 11 is 21.3. The largest absolute Gasteiger partial charge is 0.495 e. The maximum Gasteiger partial charge on any atom is 0.269 e. The van der Waals surface area contributed by atoms with Gasteiger partial charge in [0.1, 0.15) is 16.0 Å². The molecule has 1 amide bonds. The predicted octanol–water partition coefficient (Wildman–Crippen LogP) is 5.18. The van der Waals surface area contributed by atoms with Crippen LogP contribution in [-0.4, -0.2) is 20.1 Å². The number of amides is 1. The molecule has 0 saturated carbocycles. The van der Waals surface area contributed by atoms with E-state index in [1.807, 2.05) is 0 Å². The van der Waals surface area contributed by atoms with Crippen LogP contribution in [0.25, 0.3) is 0 Å². The van der Waals surface area contributed by atoms with Crippen molar-refractivity contribution < 1.29 is 14.3 Å². The number of anilines is 1. The minimum absolute atomic E-state index is 0.277. The summed E-state index contributed by atoms with van der Waals surface area (Å²) in [5.74, 6) is 0.491. The van der Waals surface area contributed by atoms with Crippen molar-refractivity contribution in [1.82, 2.24) is 5.43 Å². The van der Waals surface area contributed by atoms with Crippen LogP contribution in [0, 0.1) is 0 Å². The van der Waals surface area contributed by atoms with Gasteiger partial charge >= 0.3 is 0 Å². The summed E-state index contributed by atoms with van der Waals surface area (Å²) in [5, 5.41) is 0.946. The van der Waals surface area contributed by atoms with Crippen molar-refractivity contribution in [2.45, 2.75) is 0 Å². The highest BCUT2D eigenvalue weighted by molar-refractivity contribution is 9.10. The van der Waals surface area contributed by atoms with Crippen LogP contribution in [0.3, 0.4) is 0 Å². The van der Waals surface area contributed by atoms with Crippen molar-refractivity contribution >= 4 is 62.3 Å². The molecule has 0 aliphatic heterocycles. The Hall–Kier alpha value is -1.34. The minimum atomic E-state index is -0.429.